The van der Waals surface area contributed by atoms with Gasteiger partial charge in [-0.25, -0.2) is 14.4 Å². The van der Waals surface area contributed by atoms with Crippen molar-refractivity contribution in [2.45, 2.75) is 31.7 Å². The van der Waals surface area contributed by atoms with Gasteiger partial charge in [0.25, 0.3) is 0 Å². The van der Waals surface area contributed by atoms with E-state index in [1.165, 1.54) is 0 Å². The third-order valence-electron chi connectivity index (χ3n) is 2.70. The Balaban J connectivity index is 2.22. The summed E-state index contributed by atoms with van der Waals surface area (Å²) in [5.74, 6) is -1.08. The summed E-state index contributed by atoms with van der Waals surface area (Å²) in [5.41, 5.74) is 0. The summed E-state index contributed by atoms with van der Waals surface area (Å²) >= 11 is 0. The number of carbonyl (C=O) groups excluding carboxylic acids is 2. The Hall–Kier alpha value is -1.99. The topological polar surface area (TPSA) is 111 Å². The zero-order chi connectivity index (χ0) is 11.9. The minimum atomic E-state index is -1.08. The molecule has 0 aromatic heterocycles. The quantitative estimate of drug-likeness (QED) is 0.488. The van der Waals surface area contributed by atoms with Crippen LogP contribution >= 0.6 is 0 Å². The lowest BCUT2D eigenvalue weighted by molar-refractivity contribution is -0.142. The van der Waals surface area contributed by atoms with Crippen LogP contribution in [0.1, 0.15) is 13.3 Å². The van der Waals surface area contributed by atoms with E-state index in [1.807, 2.05) is 0 Å². The minimum absolute atomic E-state index is 0.280. The van der Waals surface area contributed by atoms with Crippen LogP contribution in [0.3, 0.4) is 0 Å². The van der Waals surface area contributed by atoms with Crippen LogP contribution in [0.5, 0.6) is 0 Å². The normalized spacial score (nSPS) is 29.2. The highest BCUT2D eigenvalue weighted by Gasteiger charge is 2.49. The van der Waals surface area contributed by atoms with Crippen LogP contribution in [0.4, 0.5) is 9.59 Å². The molecule has 0 spiro atoms. The number of carbonyl (C=O) groups is 3. The van der Waals surface area contributed by atoms with Crippen molar-refractivity contribution >= 4 is 18.0 Å². The number of carboxylic acid groups (broad SMARTS) is 1. The van der Waals surface area contributed by atoms with E-state index >= 15 is 0 Å². The highest BCUT2D eigenvalue weighted by atomic mass is 16.4. The summed E-state index contributed by atoms with van der Waals surface area (Å²) in [6, 6.07) is -1.84. The molecule has 2 saturated heterocycles. The van der Waals surface area contributed by atoms with E-state index in [9.17, 15) is 14.4 Å². The first kappa shape index (κ1) is 10.5. The summed E-state index contributed by atoms with van der Waals surface area (Å²) in [4.78, 5) is 34.7. The van der Waals surface area contributed by atoms with Crippen LogP contribution in [0.25, 0.3) is 0 Å². The van der Waals surface area contributed by atoms with Crippen molar-refractivity contribution in [2.75, 3.05) is 0 Å². The van der Waals surface area contributed by atoms with E-state index in [4.69, 9.17) is 5.11 Å². The molecule has 2 heterocycles. The van der Waals surface area contributed by atoms with Crippen molar-refractivity contribution < 1.29 is 19.5 Å². The molecular weight excluding hydrogens is 216 g/mol. The molecule has 4 N–H and O–H groups in total. The highest BCUT2D eigenvalue weighted by molar-refractivity contribution is 5.88. The van der Waals surface area contributed by atoms with Crippen molar-refractivity contribution in [3.8, 4) is 0 Å². The number of urea groups is 2. The van der Waals surface area contributed by atoms with E-state index in [1.54, 1.807) is 6.92 Å². The number of carboxylic acids is 1. The van der Waals surface area contributed by atoms with Crippen molar-refractivity contribution in [3.05, 3.63) is 0 Å². The van der Waals surface area contributed by atoms with E-state index in [2.05, 4.69) is 16.0 Å². The lowest BCUT2D eigenvalue weighted by Gasteiger charge is -2.26. The molecule has 2 fully saturated rings. The van der Waals surface area contributed by atoms with Crippen LogP contribution in [0, 0.1) is 0 Å². The maximum atomic E-state index is 11.6. The zero-order valence-corrected chi connectivity index (χ0v) is 8.56. The standard InChI is InChI=1S/C8H12N4O4/c1-2-3(6(13)14)12-5-4(10-8(12)16)9-7(15)11-5/h3-5H,2H2,1H3,(H,10,16)(H,13,14)(H2,9,11,15)/t3-,4-,5-/m1/s1. The molecule has 0 aromatic carbocycles. The molecule has 88 valence electrons. The number of hydrogen-bond donors (Lipinski definition) is 4. The van der Waals surface area contributed by atoms with Crippen LogP contribution < -0.4 is 16.0 Å². The minimum Gasteiger partial charge on any atom is -0.480 e. The Labute approximate surface area is 91.0 Å². The summed E-state index contributed by atoms with van der Waals surface area (Å²) < 4.78 is 0. The molecule has 2 aliphatic rings. The maximum Gasteiger partial charge on any atom is 0.326 e. The maximum absolute atomic E-state index is 11.6. The summed E-state index contributed by atoms with van der Waals surface area (Å²) in [7, 11) is 0. The van der Waals surface area contributed by atoms with E-state index < -0.39 is 36.4 Å². The van der Waals surface area contributed by atoms with Gasteiger partial charge in [-0.3, -0.25) is 4.90 Å². The number of amides is 4. The number of nitrogens with zero attached hydrogens (tertiary/aromatic N) is 1. The SMILES string of the molecule is CC[C@H](C(=O)O)N1C(=O)N[C@H]2NC(=O)N[C@@H]21. The first-order chi connectivity index (χ1) is 7.54. The summed E-state index contributed by atoms with van der Waals surface area (Å²) in [5, 5.41) is 16.5. The van der Waals surface area contributed by atoms with Gasteiger partial charge < -0.3 is 21.1 Å². The molecule has 0 bridgehead atoms. The Bertz CT molecular complexity index is 358. The molecule has 2 aliphatic heterocycles. The van der Waals surface area contributed by atoms with Crippen molar-refractivity contribution in [2.24, 2.45) is 0 Å². The lowest BCUT2D eigenvalue weighted by atomic mass is 10.2. The fourth-order valence-electron chi connectivity index (χ4n) is 1.98. The van der Waals surface area contributed by atoms with E-state index in [0.717, 1.165) is 4.90 Å². The Morgan fingerprint density at radius 2 is 2.12 bits per heavy atom. The Morgan fingerprint density at radius 3 is 2.69 bits per heavy atom. The molecule has 3 atom stereocenters. The summed E-state index contributed by atoms with van der Waals surface area (Å²) in [6.07, 6.45) is -0.920. The number of nitrogens with one attached hydrogen (secondary N) is 3. The molecule has 2 rings (SSSR count). The average Bonchev–Trinajstić information content (AvgIpc) is 2.65. The molecule has 0 aromatic rings. The van der Waals surface area contributed by atoms with Crippen LogP contribution in [0.15, 0.2) is 0 Å². The van der Waals surface area contributed by atoms with Crippen LogP contribution in [-0.4, -0.2) is 46.4 Å². The van der Waals surface area contributed by atoms with Gasteiger partial charge in [-0.2, -0.15) is 0 Å². The van der Waals surface area contributed by atoms with Gasteiger partial charge in [-0.1, -0.05) is 6.92 Å². The van der Waals surface area contributed by atoms with Gasteiger partial charge in [-0.15, -0.1) is 0 Å². The molecule has 0 unspecified atom stereocenters. The van der Waals surface area contributed by atoms with E-state index in [0.29, 0.717) is 0 Å². The monoisotopic (exact) mass is 228 g/mol. The van der Waals surface area contributed by atoms with Crippen molar-refractivity contribution in [3.63, 3.8) is 0 Å². The number of hydrogen-bond acceptors (Lipinski definition) is 3. The van der Waals surface area contributed by atoms with Gasteiger partial charge >= 0.3 is 18.0 Å². The largest absolute Gasteiger partial charge is 0.480 e. The molecular formula is C8H12N4O4. The van der Waals surface area contributed by atoms with Crippen molar-refractivity contribution in [1.82, 2.24) is 20.9 Å². The smallest absolute Gasteiger partial charge is 0.326 e. The first-order valence-electron chi connectivity index (χ1n) is 4.93. The number of fused-ring (bicyclic) bond motifs is 1. The van der Waals surface area contributed by atoms with Gasteiger partial charge in [-0.05, 0) is 6.42 Å². The second-order valence-corrected chi connectivity index (χ2v) is 3.66. The van der Waals surface area contributed by atoms with Gasteiger partial charge in [0.05, 0.1) is 0 Å². The molecule has 0 radical (unpaired) electrons. The fraction of sp³-hybridized carbons (Fsp3) is 0.625. The van der Waals surface area contributed by atoms with E-state index in [-0.39, 0.29) is 6.42 Å². The zero-order valence-electron chi connectivity index (χ0n) is 8.56. The predicted octanol–water partition coefficient (Wildman–Crippen LogP) is -1.16. The lowest BCUT2D eigenvalue weighted by Crippen LogP contribution is -2.51. The average molecular weight is 228 g/mol. The second-order valence-electron chi connectivity index (χ2n) is 3.66. The first-order valence-corrected chi connectivity index (χ1v) is 4.93. The predicted molar refractivity (Wildman–Crippen MR) is 51.3 cm³/mol. The van der Waals surface area contributed by atoms with Gasteiger partial charge in [0.15, 0.2) is 0 Å². The third kappa shape index (κ3) is 1.42. The van der Waals surface area contributed by atoms with Gasteiger partial charge in [0, 0.05) is 0 Å². The molecule has 4 amide bonds. The Kier molecular flexibility index (Phi) is 2.33. The molecule has 8 heteroatoms. The molecule has 8 nitrogen and oxygen atoms in total. The van der Waals surface area contributed by atoms with Gasteiger partial charge in [0.1, 0.15) is 18.4 Å². The fourth-order valence-corrected chi connectivity index (χ4v) is 1.98. The van der Waals surface area contributed by atoms with Crippen molar-refractivity contribution in [1.29, 1.82) is 0 Å². The van der Waals surface area contributed by atoms with Crippen LogP contribution in [-0.2, 0) is 4.79 Å². The van der Waals surface area contributed by atoms with Crippen LogP contribution in [0.2, 0.25) is 0 Å². The molecule has 0 saturated carbocycles. The molecule has 0 aliphatic carbocycles. The highest BCUT2D eigenvalue weighted by Crippen LogP contribution is 2.19. The Morgan fingerprint density at radius 1 is 1.44 bits per heavy atom. The van der Waals surface area contributed by atoms with Gasteiger partial charge in [0.2, 0.25) is 0 Å². The number of rotatable bonds is 3. The summed E-state index contributed by atoms with van der Waals surface area (Å²) in [6.45, 7) is 1.67. The third-order valence-corrected chi connectivity index (χ3v) is 2.70. The molecule has 16 heavy (non-hydrogen) atoms. The second kappa shape index (κ2) is 3.54. The number of aliphatic carboxylic acids is 1.